The van der Waals surface area contributed by atoms with Crippen LogP contribution in [0.5, 0.6) is 0 Å². The van der Waals surface area contributed by atoms with E-state index in [2.05, 4.69) is 12.8 Å². The Balaban J connectivity index is 1.69. The fraction of sp³-hybridized carbons (Fsp3) is 0.692. The van der Waals surface area contributed by atoms with Crippen molar-refractivity contribution in [2.24, 2.45) is 0 Å². The van der Waals surface area contributed by atoms with E-state index in [1.807, 2.05) is 0 Å². The van der Waals surface area contributed by atoms with E-state index in [-0.39, 0.29) is 0 Å². The van der Waals surface area contributed by atoms with Crippen molar-refractivity contribution in [2.45, 2.75) is 57.8 Å². The first-order chi connectivity index (χ1) is 6.45. The maximum Gasteiger partial charge on any atom is -0.00998 e. The Kier molecular flexibility index (Phi) is 3.69. The maximum atomic E-state index is 3.52. The topological polar surface area (TPSA) is 0 Å². The Hall–Kier alpha value is 0. The number of rotatable bonds is 2. The van der Waals surface area contributed by atoms with Crippen molar-refractivity contribution < 1.29 is 0 Å². The van der Waals surface area contributed by atoms with Gasteiger partial charge in [0.05, 0.1) is 0 Å². The predicted octanol–water partition coefficient (Wildman–Crippen LogP) is 3.84. The van der Waals surface area contributed by atoms with E-state index in [0.29, 0.717) is 0 Å². The SMILES string of the molecule is [C]1CCCC[C]1C[C]1[C]CCCC1. The van der Waals surface area contributed by atoms with Gasteiger partial charge in [0.25, 0.3) is 0 Å². The summed E-state index contributed by atoms with van der Waals surface area (Å²) < 4.78 is 0. The quantitative estimate of drug-likeness (QED) is 0.596. The van der Waals surface area contributed by atoms with Crippen molar-refractivity contribution in [2.75, 3.05) is 0 Å². The van der Waals surface area contributed by atoms with Crippen LogP contribution in [0.25, 0.3) is 0 Å². The first-order valence-electron chi connectivity index (χ1n) is 5.62. The third kappa shape index (κ3) is 3.00. The second-order valence-corrected chi connectivity index (χ2v) is 4.15. The van der Waals surface area contributed by atoms with Gasteiger partial charge in [-0.25, -0.2) is 0 Å². The van der Waals surface area contributed by atoms with Gasteiger partial charge < -0.3 is 0 Å². The van der Waals surface area contributed by atoms with Gasteiger partial charge in [-0.2, -0.15) is 0 Å². The highest BCUT2D eigenvalue weighted by atomic mass is 14.3. The molecule has 0 spiro atoms. The molecule has 0 N–H and O–H groups in total. The summed E-state index contributed by atoms with van der Waals surface area (Å²) in [6.07, 6.45) is 18.7. The third-order valence-corrected chi connectivity index (χ3v) is 2.99. The molecule has 2 fully saturated rings. The lowest BCUT2D eigenvalue weighted by Gasteiger charge is -2.27. The molecule has 0 heteroatoms. The Labute approximate surface area is 83.1 Å². The second kappa shape index (κ2) is 5.02. The molecule has 0 aromatic heterocycles. The molecule has 0 aromatic rings. The summed E-state index contributed by atoms with van der Waals surface area (Å²) in [5, 5.41) is 0. The van der Waals surface area contributed by atoms with Crippen LogP contribution in [-0.4, -0.2) is 0 Å². The van der Waals surface area contributed by atoms with E-state index in [0.717, 1.165) is 0 Å². The smallest absolute Gasteiger partial charge is 0.00998 e. The highest BCUT2D eigenvalue weighted by Gasteiger charge is 2.21. The molecule has 0 bridgehead atoms. The molecule has 13 heavy (non-hydrogen) atoms. The molecule has 0 atom stereocenters. The van der Waals surface area contributed by atoms with Crippen molar-refractivity contribution in [3.8, 4) is 0 Å². The Morgan fingerprint density at radius 3 is 1.69 bits per heavy atom. The van der Waals surface area contributed by atoms with E-state index in [1.54, 1.807) is 11.8 Å². The maximum absolute atomic E-state index is 3.52. The van der Waals surface area contributed by atoms with Crippen LogP contribution < -0.4 is 0 Å². The van der Waals surface area contributed by atoms with Crippen molar-refractivity contribution in [3.05, 3.63) is 24.7 Å². The van der Waals surface area contributed by atoms with Gasteiger partial charge >= 0.3 is 0 Å². The Morgan fingerprint density at radius 1 is 0.769 bits per heavy atom. The van der Waals surface area contributed by atoms with E-state index in [9.17, 15) is 0 Å². The van der Waals surface area contributed by atoms with Gasteiger partial charge in [0.2, 0.25) is 0 Å². The van der Waals surface area contributed by atoms with Crippen LogP contribution in [0.1, 0.15) is 57.8 Å². The summed E-state index contributed by atoms with van der Waals surface area (Å²) in [4.78, 5) is 0. The molecular formula is C13H18. The van der Waals surface area contributed by atoms with Gasteiger partial charge in [0.15, 0.2) is 0 Å². The largest absolute Gasteiger partial charge is 0.0527 e. The molecule has 2 aliphatic rings. The van der Waals surface area contributed by atoms with Crippen LogP contribution in [0.3, 0.4) is 0 Å². The minimum Gasteiger partial charge on any atom is -0.0527 e. The van der Waals surface area contributed by atoms with E-state index in [1.165, 1.54) is 57.8 Å². The molecule has 6 radical (unpaired) electrons. The zero-order valence-electron chi connectivity index (χ0n) is 8.36. The second-order valence-electron chi connectivity index (χ2n) is 4.15. The van der Waals surface area contributed by atoms with Crippen LogP contribution in [0.15, 0.2) is 0 Å². The normalized spacial score (nSPS) is 27.7. The van der Waals surface area contributed by atoms with Gasteiger partial charge in [-0.3, -0.25) is 0 Å². The van der Waals surface area contributed by atoms with Crippen molar-refractivity contribution in [3.63, 3.8) is 0 Å². The summed E-state index contributed by atoms with van der Waals surface area (Å²) in [5.74, 6) is 3.13. The summed E-state index contributed by atoms with van der Waals surface area (Å²) in [7, 11) is 0. The molecule has 2 saturated carbocycles. The third-order valence-electron chi connectivity index (χ3n) is 2.99. The molecule has 0 unspecified atom stereocenters. The van der Waals surface area contributed by atoms with E-state index < -0.39 is 0 Å². The van der Waals surface area contributed by atoms with Crippen LogP contribution in [0, 0.1) is 24.7 Å². The molecule has 0 nitrogen and oxygen atoms in total. The Morgan fingerprint density at radius 2 is 1.31 bits per heavy atom. The predicted molar refractivity (Wildman–Crippen MR) is 54.5 cm³/mol. The number of hydrogen-bond acceptors (Lipinski definition) is 0. The van der Waals surface area contributed by atoms with Crippen molar-refractivity contribution in [1.82, 2.24) is 0 Å². The lowest BCUT2D eigenvalue weighted by Crippen LogP contribution is -2.12. The van der Waals surface area contributed by atoms with Crippen LogP contribution in [-0.2, 0) is 0 Å². The van der Waals surface area contributed by atoms with Gasteiger partial charge in [-0.15, -0.1) is 0 Å². The van der Waals surface area contributed by atoms with Gasteiger partial charge in [0.1, 0.15) is 0 Å². The van der Waals surface area contributed by atoms with E-state index >= 15 is 0 Å². The summed E-state index contributed by atoms with van der Waals surface area (Å²) in [6, 6.07) is 0. The first kappa shape index (κ1) is 9.55. The summed E-state index contributed by atoms with van der Waals surface area (Å²) in [5.41, 5.74) is 0. The molecule has 0 amide bonds. The molecule has 0 saturated heterocycles. The Bertz CT molecular complexity index is 111. The number of hydrogen-bond donors (Lipinski definition) is 0. The average molecular weight is 174 g/mol. The summed E-state index contributed by atoms with van der Waals surface area (Å²) in [6.45, 7) is 0. The molecule has 0 heterocycles. The van der Waals surface area contributed by atoms with Crippen LogP contribution >= 0.6 is 0 Å². The highest BCUT2D eigenvalue weighted by Crippen LogP contribution is 2.36. The van der Waals surface area contributed by atoms with Crippen molar-refractivity contribution >= 4 is 0 Å². The summed E-state index contributed by atoms with van der Waals surface area (Å²) >= 11 is 0. The van der Waals surface area contributed by atoms with Gasteiger partial charge in [-0.05, 0) is 56.8 Å². The van der Waals surface area contributed by atoms with E-state index in [4.69, 9.17) is 0 Å². The molecular weight excluding hydrogens is 156 g/mol. The molecule has 0 aromatic carbocycles. The standard InChI is InChI=1S/C13H18/c1-3-7-12(8-4-1)11-13-9-5-2-6-10-13/h1-7,9,11H2. The molecule has 70 valence electrons. The lowest BCUT2D eigenvalue weighted by molar-refractivity contribution is 0.544. The fourth-order valence-corrected chi connectivity index (χ4v) is 2.19. The molecule has 0 aliphatic heterocycles. The van der Waals surface area contributed by atoms with Crippen molar-refractivity contribution in [1.29, 1.82) is 0 Å². The lowest BCUT2D eigenvalue weighted by atomic mass is 9.78. The molecule has 2 aliphatic carbocycles. The van der Waals surface area contributed by atoms with Gasteiger partial charge in [0, 0.05) is 0 Å². The minimum absolute atomic E-state index is 1.19. The fourth-order valence-electron chi connectivity index (χ4n) is 2.19. The molecule has 2 rings (SSSR count). The minimum atomic E-state index is 1.19. The van der Waals surface area contributed by atoms with Gasteiger partial charge in [-0.1, -0.05) is 25.7 Å². The first-order valence-corrected chi connectivity index (χ1v) is 5.62. The highest BCUT2D eigenvalue weighted by molar-refractivity contribution is 5.18. The average Bonchev–Trinajstić information content (AvgIpc) is 2.21. The van der Waals surface area contributed by atoms with Crippen LogP contribution in [0.4, 0.5) is 0 Å². The zero-order valence-corrected chi connectivity index (χ0v) is 8.36. The monoisotopic (exact) mass is 174 g/mol. The zero-order chi connectivity index (χ0) is 8.93. The van der Waals surface area contributed by atoms with Crippen LogP contribution in [0.2, 0.25) is 0 Å².